The van der Waals surface area contributed by atoms with E-state index in [2.05, 4.69) is 26.7 Å². The van der Waals surface area contributed by atoms with Crippen LogP contribution in [-0.2, 0) is 0 Å². The number of pyridine rings is 2. The Labute approximate surface area is 209 Å². The summed E-state index contributed by atoms with van der Waals surface area (Å²) in [5, 5.41) is 35.9. The van der Waals surface area contributed by atoms with Crippen LogP contribution in [0, 0.1) is 17.2 Å². The topological polar surface area (TPSA) is 136 Å². The smallest absolute Gasteiger partial charge is 0.255 e. The highest BCUT2D eigenvalue weighted by Gasteiger charge is 2.39. The van der Waals surface area contributed by atoms with E-state index in [1.807, 2.05) is 6.07 Å². The van der Waals surface area contributed by atoms with Crippen molar-refractivity contribution < 1.29 is 19.4 Å². The summed E-state index contributed by atoms with van der Waals surface area (Å²) in [5.41, 5.74) is -0.544. The van der Waals surface area contributed by atoms with E-state index in [1.54, 1.807) is 36.7 Å². The number of aliphatic hydroxyl groups is 2. The van der Waals surface area contributed by atoms with Gasteiger partial charge >= 0.3 is 0 Å². The molecule has 9 nitrogen and oxygen atoms in total. The molecule has 1 aliphatic rings. The number of halogens is 1. The van der Waals surface area contributed by atoms with Gasteiger partial charge in [0.25, 0.3) is 5.91 Å². The molecule has 4 rings (SSSR count). The summed E-state index contributed by atoms with van der Waals surface area (Å²) in [6.45, 7) is 5.92. The number of carbonyl (C=O) groups is 1. The van der Waals surface area contributed by atoms with Crippen LogP contribution in [0.4, 0.5) is 10.1 Å². The first-order valence-electron chi connectivity index (χ1n) is 11.9. The largest absolute Gasteiger partial charge is 0.390 e. The molecular formula is C26H31FN6O3. The van der Waals surface area contributed by atoms with E-state index < -0.39 is 23.3 Å². The average Bonchev–Trinajstić information content (AvgIpc) is 3.20. The third-order valence-electron chi connectivity index (χ3n) is 6.74. The molecule has 3 heterocycles. The molecular weight excluding hydrogens is 463 g/mol. The predicted molar refractivity (Wildman–Crippen MR) is 134 cm³/mol. The van der Waals surface area contributed by atoms with Crippen molar-refractivity contribution in [1.82, 2.24) is 19.9 Å². The summed E-state index contributed by atoms with van der Waals surface area (Å²) in [4.78, 5) is 21.8. The van der Waals surface area contributed by atoms with Crippen LogP contribution in [0.15, 0.2) is 36.8 Å². The van der Waals surface area contributed by atoms with Gasteiger partial charge in [0.05, 0.1) is 34.6 Å². The zero-order valence-corrected chi connectivity index (χ0v) is 20.8. The van der Waals surface area contributed by atoms with Crippen molar-refractivity contribution in [1.29, 1.82) is 5.26 Å². The highest BCUT2D eigenvalue weighted by molar-refractivity contribution is 5.99. The second-order valence-electron chi connectivity index (χ2n) is 10.5. The molecule has 0 saturated heterocycles. The van der Waals surface area contributed by atoms with Crippen molar-refractivity contribution in [2.75, 3.05) is 11.9 Å². The maximum Gasteiger partial charge on any atom is 0.255 e. The van der Waals surface area contributed by atoms with Gasteiger partial charge in [0, 0.05) is 36.1 Å². The molecule has 0 aliphatic heterocycles. The highest BCUT2D eigenvalue weighted by Crippen LogP contribution is 2.38. The van der Waals surface area contributed by atoms with Crippen LogP contribution in [0.25, 0.3) is 16.9 Å². The van der Waals surface area contributed by atoms with Gasteiger partial charge < -0.3 is 20.8 Å². The van der Waals surface area contributed by atoms with E-state index in [1.165, 1.54) is 26.2 Å². The molecule has 0 radical (unpaired) electrons. The van der Waals surface area contributed by atoms with E-state index in [4.69, 9.17) is 5.26 Å². The SMILES string of the molecule is CC(C)(O)[C@H](F)CNC(=O)c1cnc(-n2ccc3cc(C#N)cnc32)cc1N[C@H]1C[C@H](C(C)(C)O)C1. The van der Waals surface area contributed by atoms with Gasteiger partial charge in [0.15, 0.2) is 0 Å². The van der Waals surface area contributed by atoms with Gasteiger partial charge in [0.1, 0.15) is 23.7 Å². The van der Waals surface area contributed by atoms with Crippen LogP contribution in [-0.4, -0.2) is 60.6 Å². The number of aromatic nitrogens is 3. The molecule has 1 amide bonds. The number of amides is 1. The van der Waals surface area contributed by atoms with Crippen LogP contribution in [0.5, 0.6) is 0 Å². The molecule has 0 unspecified atom stereocenters. The number of nitriles is 1. The molecule has 0 aromatic carbocycles. The molecule has 10 heteroatoms. The summed E-state index contributed by atoms with van der Waals surface area (Å²) in [5.74, 6) is 0.134. The zero-order chi connectivity index (χ0) is 26.3. The number of alkyl halides is 1. The molecule has 3 aromatic heterocycles. The number of nitrogens with zero attached hydrogens (tertiary/aromatic N) is 4. The fourth-order valence-electron chi connectivity index (χ4n) is 4.21. The maximum absolute atomic E-state index is 14.2. The van der Waals surface area contributed by atoms with E-state index >= 15 is 0 Å². The molecule has 190 valence electrons. The summed E-state index contributed by atoms with van der Waals surface area (Å²) < 4.78 is 16.0. The van der Waals surface area contributed by atoms with Gasteiger partial charge in [-0.25, -0.2) is 14.4 Å². The molecule has 1 saturated carbocycles. The molecule has 0 bridgehead atoms. The third-order valence-corrected chi connectivity index (χ3v) is 6.74. The van der Waals surface area contributed by atoms with Crippen molar-refractivity contribution in [2.45, 2.75) is 64.0 Å². The van der Waals surface area contributed by atoms with Crippen LogP contribution in [0.1, 0.15) is 56.5 Å². The quantitative estimate of drug-likeness (QED) is 0.378. The Kier molecular flexibility index (Phi) is 6.73. The lowest BCUT2D eigenvalue weighted by Gasteiger charge is -2.43. The molecule has 4 N–H and O–H groups in total. The van der Waals surface area contributed by atoms with Gasteiger partial charge in [-0.15, -0.1) is 0 Å². The van der Waals surface area contributed by atoms with Crippen LogP contribution in [0.2, 0.25) is 0 Å². The number of rotatable bonds is 8. The lowest BCUT2D eigenvalue weighted by molar-refractivity contribution is -0.0230. The van der Waals surface area contributed by atoms with E-state index in [0.717, 1.165) is 18.2 Å². The van der Waals surface area contributed by atoms with Gasteiger partial charge in [-0.3, -0.25) is 9.36 Å². The minimum absolute atomic E-state index is 0.0474. The number of nitrogens with one attached hydrogen (secondary N) is 2. The van der Waals surface area contributed by atoms with Gasteiger partial charge in [-0.1, -0.05) is 0 Å². The molecule has 1 atom stereocenters. The Morgan fingerprint density at radius 2 is 1.97 bits per heavy atom. The highest BCUT2D eigenvalue weighted by atomic mass is 19.1. The van der Waals surface area contributed by atoms with Crippen molar-refractivity contribution >= 4 is 22.6 Å². The van der Waals surface area contributed by atoms with Gasteiger partial charge in [-0.05, 0) is 58.6 Å². The summed E-state index contributed by atoms with van der Waals surface area (Å²) in [6, 6.07) is 7.42. The molecule has 1 aliphatic carbocycles. The first-order chi connectivity index (χ1) is 16.9. The van der Waals surface area contributed by atoms with Crippen LogP contribution >= 0.6 is 0 Å². The number of anilines is 1. The Balaban J connectivity index is 1.63. The second kappa shape index (κ2) is 9.48. The number of hydrogen-bond acceptors (Lipinski definition) is 7. The average molecular weight is 495 g/mol. The monoisotopic (exact) mass is 494 g/mol. The molecule has 1 fully saturated rings. The standard InChI is InChI=1S/C26H31FN6O3/c1-25(2,35)17-8-18(9-17)32-20-10-22(33-6-5-16-7-15(11-28)12-30-23(16)33)29-13-19(20)24(34)31-14-21(27)26(3,4)36/h5-7,10,12-13,17-18,21,35-36H,8-9,14H2,1-4H3,(H,29,32)(H,31,34)/t17-,18-,21-/m1/s1. The lowest BCUT2D eigenvalue weighted by atomic mass is 9.71. The Bertz CT molecular complexity index is 1310. The van der Waals surface area contributed by atoms with Crippen molar-refractivity contribution in [3.63, 3.8) is 0 Å². The Morgan fingerprint density at radius 3 is 2.61 bits per heavy atom. The second-order valence-corrected chi connectivity index (χ2v) is 10.5. The first-order valence-corrected chi connectivity index (χ1v) is 11.9. The fourth-order valence-corrected chi connectivity index (χ4v) is 4.21. The van der Waals surface area contributed by atoms with Crippen LogP contribution in [0.3, 0.4) is 0 Å². The first kappa shape index (κ1) is 25.5. The summed E-state index contributed by atoms with van der Waals surface area (Å²) in [7, 11) is 0. The minimum Gasteiger partial charge on any atom is -0.390 e. The van der Waals surface area contributed by atoms with Crippen molar-refractivity contribution in [3.05, 3.63) is 47.9 Å². The van der Waals surface area contributed by atoms with Gasteiger partial charge in [0.2, 0.25) is 0 Å². The van der Waals surface area contributed by atoms with Crippen molar-refractivity contribution in [2.24, 2.45) is 5.92 Å². The number of carbonyl (C=O) groups excluding carboxylic acids is 1. The summed E-state index contributed by atoms with van der Waals surface area (Å²) in [6.07, 6.45) is 4.53. The van der Waals surface area contributed by atoms with Crippen LogP contribution < -0.4 is 10.6 Å². The molecule has 0 spiro atoms. The van der Waals surface area contributed by atoms with Crippen molar-refractivity contribution in [3.8, 4) is 11.9 Å². The summed E-state index contributed by atoms with van der Waals surface area (Å²) >= 11 is 0. The van der Waals surface area contributed by atoms with E-state index in [0.29, 0.717) is 22.7 Å². The van der Waals surface area contributed by atoms with Gasteiger partial charge in [-0.2, -0.15) is 5.26 Å². The predicted octanol–water partition coefficient (Wildman–Crippen LogP) is 3.09. The normalized spacial score (nSPS) is 18.8. The third kappa shape index (κ3) is 5.32. The number of hydrogen-bond donors (Lipinski definition) is 4. The van der Waals surface area contributed by atoms with E-state index in [-0.39, 0.29) is 24.1 Å². The molecule has 36 heavy (non-hydrogen) atoms. The Hall–Kier alpha value is -3.55. The fraction of sp³-hybridized carbons (Fsp3) is 0.462. The number of fused-ring (bicyclic) bond motifs is 1. The Morgan fingerprint density at radius 1 is 1.25 bits per heavy atom. The maximum atomic E-state index is 14.2. The zero-order valence-electron chi connectivity index (χ0n) is 20.8. The minimum atomic E-state index is -1.64. The lowest BCUT2D eigenvalue weighted by Crippen LogP contribution is -2.46. The molecule has 3 aromatic rings. The van der Waals surface area contributed by atoms with E-state index in [9.17, 15) is 19.4 Å².